The molecule has 0 radical (unpaired) electrons. The zero-order chi connectivity index (χ0) is 18.2. The number of aliphatic hydroxyl groups excluding tert-OH is 1. The highest BCUT2D eigenvalue weighted by atomic mass is 16.5. The third kappa shape index (κ3) is 11.4. The number of esters is 1. The third-order valence-electron chi connectivity index (χ3n) is 4.27. The average Bonchev–Trinajstić information content (AvgIpc) is 2.57. The van der Waals surface area contributed by atoms with Crippen molar-refractivity contribution in [2.24, 2.45) is 0 Å². The van der Waals surface area contributed by atoms with Crippen LogP contribution in [0.25, 0.3) is 0 Å². The highest BCUT2D eigenvalue weighted by Gasteiger charge is 2.22. The minimum Gasteiger partial charge on any atom is -0.466 e. The number of hydrogen-bond donors (Lipinski definition) is 1. The molecule has 1 atom stereocenters. The van der Waals surface area contributed by atoms with Gasteiger partial charge in [0.25, 0.3) is 0 Å². The van der Waals surface area contributed by atoms with Crippen LogP contribution in [0.15, 0.2) is 11.6 Å². The summed E-state index contributed by atoms with van der Waals surface area (Å²) in [5.74, 6) is -1.06. The Balaban J connectivity index is 3.77. The molecule has 0 aromatic heterocycles. The van der Waals surface area contributed by atoms with E-state index in [1.54, 1.807) is 6.08 Å². The van der Waals surface area contributed by atoms with Crippen LogP contribution in [0.1, 0.15) is 90.9 Å². The van der Waals surface area contributed by atoms with Gasteiger partial charge in [-0.3, -0.25) is 4.79 Å². The molecule has 24 heavy (non-hydrogen) atoms. The number of Topliss-reactive ketones (excluding diaryl/α,β-unsaturated/α-hetero) is 1. The number of hydrogen-bond acceptors (Lipinski definition) is 4. The van der Waals surface area contributed by atoms with Crippen molar-refractivity contribution in [2.75, 3.05) is 7.11 Å². The molecular formula is C20H36O4. The van der Waals surface area contributed by atoms with Gasteiger partial charge in [-0.2, -0.15) is 0 Å². The van der Waals surface area contributed by atoms with E-state index in [1.165, 1.54) is 71.8 Å². The van der Waals surface area contributed by atoms with E-state index in [-0.39, 0.29) is 5.57 Å². The van der Waals surface area contributed by atoms with E-state index >= 15 is 0 Å². The van der Waals surface area contributed by atoms with Gasteiger partial charge in [0.15, 0.2) is 5.78 Å². The minimum absolute atomic E-state index is 0.0667. The lowest BCUT2D eigenvalue weighted by atomic mass is 10.0. The quantitative estimate of drug-likeness (QED) is 0.266. The molecule has 0 rings (SSSR count). The summed E-state index contributed by atoms with van der Waals surface area (Å²) in [6, 6.07) is 0. The SMILES string of the molecule is CCCCCCCCCCCCCC=C(C(=O)OC)C(O)C(C)=O. The van der Waals surface area contributed by atoms with Crippen LogP contribution in [0.4, 0.5) is 0 Å². The number of rotatable bonds is 15. The standard InChI is InChI=1S/C20H36O4/c1-4-5-6-7-8-9-10-11-12-13-14-15-16-18(20(23)24-3)19(22)17(2)21/h16,19,22H,4-15H2,1-3H3. The summed E-state index contributed by atoms with van der Waals surface area (Å²) >= 11 is 0. The molecular weight excluding hydrogens is 304 g/mol. The molecule has 0 spiro atoms. The van der Waals surface area contributed by atoms with Crippen LogP contribution in [0, 0.1) is 0 Å². The van der Waals surface area contributed by atoms with E-state index < -0.39 is 17.9 Å². The molecule has 0 saturated carbocycles. The molecule has 140 valence electrons. The van der Waals surface area contributed by atoms with Crippen LogP contribution in [0.5, 0.6) is 0 Å². The van der Waals surface area contributed by atoms with Crippen molar-refractivity contribution >= 4 is 11.8 Å². The fourth-order valence-corrected chi connectivity index (χ4v) is 2.71. The second kappa shape index (κ2) is 15.4. The number of allylic oxidation sites excluding steroid dienone is 1. The van der Waals surface area contributed by atoms with Gasteiger partial charge in [0.05, 0.1) is 12.7 Å². The number of carbonyl (C=O) groups is 2. The van der Waals surface area contributed by atoms with Gasteiger partial charge in [0, 0.05) is 0 Å². The first-order valence-corrected chi connectivity index (χ1v) is 9.51. The molecule has 4 nitrogen and oxygen atoms in total. The normalized spacial score (nSPS) is 12.9. The highest BCUT2D eigenvalue weighted by Crippen LogP contribution is 2.14. The summed E-state index contributed by atoms with van der Waals surface area (Å²) in [5, 5.41) is 9.75. The van der Waals surface area contributed by atoms with E-state index in [0.717, 1.165) is 12.8 Å². The summed E-state index contributed by atoms with van der Waals surface area (Å²) in [4.78, 5) is 22.8. The summed E-state index contributed by atoms with van der Waals surface area (Å²) in [5.41, 5.74) is 0.0667. The van der Waals surface area contributed by atoms with E-state index in [0.29, 0.717) is 6.42 Å². The zero-order valence-corrected chi connectivity index (χ0v) is 15.8. The number of ketones is 1. The molecule has 0 aromatic carbocycles. The molecule has 0 aliphatic carbocycles. The molecule has 0 fully saturated rings. The maximum atomic E-state index is 11.6. The maximum Gasteiger partial charge on any atom is 0.336 e. The monoisotopic (exact) mass is 340 g/mol. The number of unbranched alkanes of at least 4 members (excludes halogenated alkanes) is 11. The van der Waals surface area contributed by atoms with E-state index in [1.807, 2.05) is 0 Å². The molecule has 0 saturated heterocycles. The minimum atomic E-state index is -1.37. The lowest BCUT2D eigenvalue weighted by Crippen LogP contribution is -2.25. The van der Waals surface area contributed by atoms with Gasteiger partial charge in [-0.05, 0) is 19.8 Å². The summed E-state index contributed by atoms with van der Waals surface area (Å²) < 4.78 is 4.62. The van der Waals surface area contributed by atoms with Crippen molar-refractivity contribution in [3.05, 3.63) is 11.6 Å². The first kappa shape index (κ1) is 22.8. The van der Waals surface area contributed by atoms with Gasteiger partial charge >= 0.3 is 5.97 Å². The van der Waals surface area contributed by atoms with Gasteiger partial charge in [0.2, 0.25) is 0 Å². The third-order valence-corrected chi connectivity index (χ3v) is 4.27. The van der Waals surface area contributed by atoms with Crippen molar-refractivity contribution < 1.29 is 19.4 Å². The molecule has 0 bridgehead atoms. The highest BCUT2D eigenvalue weighted by molar-refractivity contribution is 5.98. The number of ether oxygens (including phenoxy) is 1. The molecule has 0 aliphatic rings. The van der Waals surface area contributed by atoms with Crippen molar-refractivity contribution in [3.63, 3.8) is 0 Å². The molecule has 4 heteroatoms. The first-order chi connectivity index (χ1) is 11.5. The van der Waals surface area contributed by atoms with Crippen molar-refractivity contribution in [1.82, 2.24) is 0 Å². The lowest BCUT2D eigenvalue weighted by Gasteiger charge is -2.10. The van der Waals surface area contributed by atoms with Gasteiger partial charge in [-0.1, -0.05) is 77.2 Å². The Labute approximate surface area is 147 Å². The predicted octanol–water partition coefficient (Wildman–Crippen LogP) is 4.74. The first-order valence-electron chi connectivity index (χ1n) is 9.51. The van der Waals surface area contributed by atoms with Gasteiger partial charge in [0.1, 0.15) is 6.10 Å². The van der Waals surface area contributed by atoms with Crippen molar-refractivity contribution in [2.45, 2.75) is 97.0 Å². The summed E-state index contributed by atoms with van der Waals surface area (Å²) in [6.45, 7) is 3.51. The van der Waals surface area contributed by atoms with Crippen LogP contribution >= 0.6 is 0 Å². The van der Waals surface area contributed by atoms with E-state index in [4.69, 9.17) is 0 Å². The maximum absolute atomic E-state index is 11.6. The molecule has 1 N–H and O–H groups in total. The molecule has 0 aromatic rings. The molecule has 0 amide bonds. The van der Waals surface area contributed by atoms with Crippen LogP contribution in [0.2, 0.25) is 0 Å². The zero-order valence-electron chi connectivity index (χ0n) is 15.8. The Morgan fingerprint density at radius 3 is 1.79 bits per heavy atom. The van der Waals surface area contributed by atoms with Crippen LogP contribution in [0.3, 0.4) is 0 Å². The van der Waals surface area contributed by atoms with Gasteiger partial charge in [-0.15, -0.1) is 0 Å². The average molecular weight is 341 g/mol. The number of aliphatic hydroxyl groups is 1. The van der Waals surface area contributed by atoms with Crippen LogP contribution in [-0.2, 0) is 14.3 Å². The Morgan fingerprint density at radius 1 is 0.917 bits per heavy atom. The second-order valence-corrected chi connectivity index (χ2v) is 6.49. The second-order valence-electron chi connectivity index (χ2n) is 6.49. The van der Waals surface area contributed by atoms with Crippen LogP contribution in [-0.4, -0.2) is 30.1 Å². The fourth-order valence-electron chi connectivity index (χ4n) is 2.71. The van der Waals surface area contributed by atoms with Crippen LogP contribution < -0.4 is 0 Å². The lowest BCUT2D eigenvalue weighted by molar-refractivity contribution is -0.139. The van der Waals surface area contributed by atoms with E-state index in [2.05, 4.69) is 11.7 Å². The van der Waals surface area contributed by atoms with E-state index in [9.17, 15) is 14.7 Å². The predicted molar refractivity (Wildman–Crippen MR) is 97.9 cm³/mol. The Morgan fingerprint density at radius 2 is 1.38 bits per heavy atom. The Kier molecular flexibility index (Phi) is 14.6. The molecule has 1 unspecified atom stereocenters. The fraction of sp³-hybridized carbons (Fsp3) is 0.800. The largest absolute Gasteiger partial charge is 0.466 e. The molecule has 0 aliphatic heterocycles. The Bertz CT molecular complexity index is 374. The van der Waals surface area contributed by atoms with Gasteiger partial charge in [-0.25, -0.2) is 4.79 Å². The van der Waals surface area contributed by atoms with Gasteiger partial charge < -0.3 is 9.84 Å². The number of carbonyl (C=O) groups excluding carboxylic acids is 2. The summed E-state index contributed by atoms with van der Waals surface area (Å²) in [6.07, 6.45) is 14.9. The Hall–Kier alpha value is -1.16. The number of methoxy groups -OCH3 is 1. The molecule has 0 heterocycles. The smallest absolute Gasteiger partial charge is 0.336 e. The van der Waals surface area contributed by atoms with Crippen molar-refractivity contribution in [1.29, 1.82) is 0 Å². The van der Waals surface area contributed by atoms with Crippen molar-refractivity contribution in [3.8, 4) is 0 Å². The topological polar surface area (TPSA) is 63.6 Å². The summed E-state index contributed by atoms with van der Waals surface area (Å²) in [7, 11) is 1.26.